The number of para-hydroxylation sites is 1. The van der Waals surface area contributed by atoms with Crippen LogP contribution in [-0.4, -0.2) is 23.9 Å². The molecular weight excluding hydrogens is 355 g/mol. The summed E-state index contributed by atoms with van der Waals surface area (Å²) < 4.78 is 19.6. The molecule has 0 saturated carbocycles. The van der Waals surface area contributed by atoms with Gasteiger partial charge in [-0.2, -0.15) is 0 Å². The van der Waals surface area contributed by atoms with Crippen LogP contribution in [0.1, 0.15) is 89.5 Å². The first kappa shape index (κ1) is 24.0. The molecule has 0 aliphatic rings. The Balaban J connectivity index is 2.10. The fraction of sp³-hybridized carbons (Fsp3) is 0.625. The van der Waals surface area contributed by atoms with Crippen molar-refractivity contribution in [3.8, 4) is 17.6 Å². The lowest BCUT2D eigenvalue weighted by atomic mass is 10.0. The van der Waals surface area contributed by atoms with Gasteiger partial charge < -0.3 is 9.84 Å². The lowest BCUT2D eigenvalue weighted by Gasteiger charge is -2.11. The maximum absolute atomic E-state index is 14.1. The summed E-state index contributed by atoms with van der Waals surface area (Å²) in [6, 6.07) is 6.86. The third-order valence-electron chi connectivity index (χ3n) is 4.73. The molecule has 1 rings (SSSR count). The molecule has 0 spiro atoms. The number of ether oxygens (including phenoxy) is 1. The standard InChI is InChI=1S/C24H35FO3/c1-2-3-4-5-6-7-8-9-10-11-12-16-22(25)20-28-23-17-14-13-15-21(23)18-19-24(26)27/h13-15,17,22H,2-12,16,20H2,1H3,(H,26,27). The average molecular weight is 391 g/mol. The van der Waals surface area contributed by atoms with Crippen LogP contribution in [0.5, 0.6) is 5.75 Å². The molecule has 0 aromatic heterocycles. The Bertz CT molecular complexity index is 603. The minimum Gasteiger partial charge on any atom is -0.489 e. The number of benzene rings is 1. The topological polar surface area (TPSA) is 46.5 Å². The van der Waals surface area contributed by atoms with Gasteiger partial charge in [0.2, 0.25) is 0 Å². The van der Waals surface area contributed by atoms with E-state index in [1.54, 1.807) is 24.3 Å². The molecular formula is C24H35FO3. The molecule has 156 valence electrons. The van der Waals surface area contributed by atoms with Crippen molar-refractivity contribution < 1.29 is 19.0 Å². The molecule has 1 atom stereocenters. The van der Waals surface area contributed by atoms with Gasteiger partial charge in [0.1, 0.15) is 18.5 Å². The summed E-state index contributed by atoms with van der Waals surface area (Å²) in [5.41, 5.74) is 0.465. The Hall–Kier alpha value is -2.02. The van der Waals surface area contributed by atoms with Crippen molar-refractivity contribution in [3.63, 3.8) is 0 Å². The Labute approximate surface area is 169 Å². The highest BCUT2D eigenvalue weighted by atomic mass is 19.1. The molecule has 28 heavy (non-hydrogen) atoms. The maximum Gasteiger partial charge on any atom is 0.382 e. The predicted molar refractivity (Wildman–Crippen MR) is 112 cm³/mol. The molecule has 1 aromatic carbocycles. The number of halogens is 1. The van der Waals surface area contributed by atoms with E-state index in [1.807, 2.05) is 0 Å². The molecule has 0 heterocycles. The first-order chi connectivity index (χ1) is 13.6. The van der Waals surface area contributed by atoms with Crippen molar-refractivity contribution >= 4 is 5.97 Å². The minimum absolute atomic E-state index is 0.0243. The van der Waals surface area contributed by atoms with E-state index in [0.29, 0.717) is 17.7 Å². The van der Waals surface area contributed by atoms with Crippen LogP contribution < -0.4 is 4.74 Å². The Morgan fingerprint density at radius 2 is 1.57 bits per heavy atom. The van der Waals surface area contributed by atoms with Crippen LogP contribution in [0.4, 0.5) is 4.39 Å². The average Bonchev–Trinajstić information content (AvgIpc) is 2.69. The van der Waals surface area contributed by atoms with Crippen LogP contribution in [0.25, 0.3) is 0 Å². The minimum atomic E-state index is -1.20. The zero-order chi connectivity index (χ0) is 20.5. The van der Waals surface area contributed by atoms with Crippen LogP contribution in [-0.2, 0) is 4.79 Å². The number of hydrogen-bond donors (Lipinski definition) is 1. The number of carboxylic acid groups (broad SMARTS) is 1. The van der Waals surface area contributed by atoms with Gasteiger partial charge in [0.25, 0.3) is 0 Å². The Kier molecular flexibility index (Phi) is 13.7. The number of carboxylic acids is 1. The molecule has 0 saturated heterocycles. The summed E-state index contributed by atoms with van der Waals surface area (Å²) in [6.07, 6.45) is 13.2. The SMILES string of the molecule is CCCCCCCCCCCCCC(F)COc1ccccc1C#CC(=O)O. The number of carbonyl (C=O) groups is 1. The zero-order valence-electron chi connectivity index (χ0n) is 17.2. The smallest absolute Gasteiger partial charge is 0.382 e. The van der Waals surface area contributed by atoms with E-state index >= 15 is 0 Å². The maximum atomic E-state index is 14.1. The quantitative estimate of drug-likeness (QED) is 0.273. The summed E-state index contributed by atoms with van der Waals surface area (Å²) in [5.74, 6) is 3.82. The lowest BCUT2D eigenvalue weighted by Crippen LogP contribution is -2.13. The third-order valence-corrected chi connectivity index (χ3v) is 4.73. The highest BCUT2D eigenvalue weighted by Crippen LogP contribution is 2.18. The largest absolute Gasteiger partial charge is 0.489 e. The van der Waals surface area contributed by atoms with Crippen LogP contribution in [0.2, 0.25) is 0 Å². The monoisotopic (exact) mass is 390 g/mol. The van der Waals surface area contributed by atoms with Gasteiger partial charge in [-0.25, -0.2) is 9.18 Å². The molecule has 0 fully saturated rings. The summed E-state index contributed by atoms with van der Waals surface area (Å²) >= 11 is 0. The van der Waals surface area contributed by atoms with Crippen LogP contribution >= 0.6 is 0 Å². The molecule has 4 heteroatoms. The summed E-state index contributed by atoms with van der Waals surface area (Å²) in [4.78, 5) is 10.6. The number of hydrogen-bond acceptors (Lipinski definition) is 2. The van der Waals surface area contributed by atoms with Gasteiger partial charge in [0.15, 0.2) is 0 Å². The highest BCUT2D eigenvalue weighted by Gasteiger charge is 2.09. The van der Waals surface area contributed by atoms with Gasteiger partial charge in [0, 0.05) is 5.92 Å². The van der Waals surface area contributed by atoms with Gasteiger partial charge >= 0.3 is 5.97 Å². The van der Waals surface area contributed by atoms with E-state index in [2.05, 4.69) is 18.8 Å². The van der Waals surface area contributed by atoms with Crippen LogP contribution in [0.3, 0.4) is 0 Å². The highest BCUT2D eigenvalue weighted by molar-refractivity contribution is 5.87. The number of alkyl halides is 1. The van der Waals surface area contributed by atoms with E-state index < -0.39 is 12.1 Å². The molecule has 1 N–H and O–H groups in total. The Morgan fingerprint density at radius 3 is 2.18 bits per heavy atom. The van der Waals surface area contributed by atoms with Crippen molar-refractivity contribution in [3.05, 3.63) is 29.8 Å². The van der Waals surface area contributed by atoms with Gasteiger partial charge in [-0.15, -0.1) is 0 Å². The second-order valence-corrected chi connectivity index (χ2v) is 7.28. The first-order valence-electron chi connectivity index (χ1n) is 10.7. The van der Waals surface area contributed by atoms with Crippen LogP contribution in [0, 0.1) is 11.8 Å². The number of unbranched alkanes of at least 4 members (excludes halogenated alkanes) is 10. The number of aliphatic carboxylic acids is 1. The fourth-order valence-electron chi connectivity index (χ4n) is 3.11. The van der Waals surface area contributed by atoms with E-state index in [9.17, 15) is 9.18 Å². The van der Waals surface area contributed by atoms with E-state index in [-0.39, 0.29) is 6.61 Å². The molecule has 0 aliphatic heterocycles. The molecule has 0 aliphatic carbocycles. The molecule has 0 amide bonds. The van der Waals surface area contributed by atoms with Crippen LogP contribution in [0.15, 0.2) is 24.3 Å². The van der Waals surface area contributed by atoms with Crippen molar-refractivity contribution in [1.29, 1.82) is 0 Å². The van der Waals surface area contributed by atoms with E-state index in [4.69, 9.17) is 9.84 Å². The molecule has 1 unspecified atom stereocenters. The van der Waals surface area contributed by atoms with Crippen molar-refractivity contribution in [2.24, 2.45) is 0 Å². The summed E-state index contributed by atoms with van der Waals surface area (Å²) in [7, 11) is 0. The molecule has 0 radical (unpaired) electrons. The normalized spacial score (nSPS) is 11.5. The number of rotatable bonds is 15. The molecule has 3 nitrogen and oxygen atoms in total. The predicted octanol–water partition coefficient (Wildman–Crippen LogP) is 6.54. The van der Waals surface area contributed by atoms with Gasteiger partial charge in [-0.1, -0.05) is 95.6 Å². The third kappa shape index (κ3) is 12.4. The zero-order valence-corrected chi connectivity index (χ0v) is 17.2. The second kappa shape index (κ2) is 16.0. The fourth-order valence-corrected chi connectivity index (χ4v) is 3.11. The van der Waals surface area contributed by atoms with Gasteiger partial charge in [-0.3, -0.25) is 0 Å². The molecule has 0 bridgehead atoms. The van der Waals surface area contributed by atoms with Crippen molar-refractivity contribution in [1.82, 2.24) is 0 Å². The lowest BCUT2D eigenvalue weighted by molar-refractivity contribution is -0.130. The van der Waals surface area contributed by atoms with Gasteiger partial charge in [0.05, 0.1) is 5.56 Å². The Morgan fingerprint density at radius 1 is 1.00 bits per heavy atom. The summed E-state index contributed by atoms with van der Waals surface area (Å²) in [6.45, 7) is 2.22. The van der Waals surface area contributed by atoms with E-state index in [0.717, 1.165) is 12.8 Å². The van der Waals surface area contributed by atoms with E-state index in [1.165, 1.54) is 57.8 Å². The first-order valence-corrected chi connectivity index (χ1v) is 10.7. The second-order valence-electron chi connectivity index (χ2n) is 7.28. The van der Waals surface area contributed by atoms with Crippen molar-refractivity contribution in [2.45, 2.75) is 90.1 Å². The molecule has 1 aromatic rings. The van der Waals surface area contributed by atoms with Gasteiger partial charge in [-0.05, 0) is 18.6 Å². The summed E-state index contributed by atoms with van der Waals surface area (Å²) in [5, 5.41) is 8.64. The van der Waals surface area contributed by atoms with Crippen molar-refractivity contribution in [2.75, 3.05) is 6.61 Å².